The lowest BCUT2D eigenvalue weighted by atomic mass is 9.92. The van der Waals surface area contributed by atoms with Gasteiger partial charge in [0.15, 0.2) is 5.82 Å². The zero-order valence-electron chi connectivity index (χ0n) is 16.7. The average Bonchev–Trinajstić information content (AvgIpc) is 3.16. The van der Waals surface area contributed by atoms with Gasteiger partial charge in [-0.15, -0.1) is 0 Å². The van der Waals surface area contributed by atoms with Crippen LogP contribution >= 0.6 is 23.2 Å². The number of carbonyl (C=O) groups excluding carboxylic acids is 1. The highest BCUT2D eigenvalue weighted by Gasteiger charge is 2.27. The molecule has 29 heavy (non-hydrogen) atoms. The summed E-state index contributed by atoms with van der Waals surface area (Å²) in [7, 11) is 1.69. The van der Waals surface area contributed by atoms with E-state index in [4.69, 9.17) is 32.5 Å². The lowest BCUT2D eigenvalue weighted by molar-refractivity contribution is -0.136. The molecule has 0 N–H and O–H groups in total. The van der Waals surface area contributed by atoms with Gasteiger partial charge in [-0.3, -0.25) is 4.79 Å². The van der Waals surface area contributed by atoms with E-state index in [2.05, 4.69) is 15.1 Å². The van der Waals surface area contributed by atoms with Gasteiger partial charge in [-0.2, -0.15) is 4.98 Å². The second kappa shape index (κ2) is 10.4. The van der Waals surface area contributed by atoms with Gasteiger partial charge in [0.05, 0.1) is 0 Å². The van der Waals surface area contributed by atoms with Crippen molar-refractivity contribution in [3.63, 3.8) is 0 Å². The van der Waals surface area contributed by atoms with E-state index in [1.165, 1.54) is 0 Å². The molecular formula is C20H26Cl2N4O3. The molecular weight excluding hydrogens is 415 g/mol. The molecule has 1 fully saturated rings. The summed E-state index contributed by atoms with van der Waals surface area (Å²) in [5.41, 5.74) is 0.650. The molecule has 1 amide bonds. The van der Waals surface area contributed by atoms with Crippen molar-refractivity contribution in [3.05, 3.63) is 28.3 Å². The molecule has 1 saturated heterocycles. The normalized spacial score (nSPS) is 16.2. The first-order valence-corrected chi connectivity index (χ1v) is 10.7. The van der Waals surface area contributed by atoms with E-state index in [9.17, 15) is 4.79 Å². The van der Waals surface area contributed by atoms with E-state index < -0.39 is 0 Å². The van der Waals surface area contributed by atoms with Gasteiger partial charge in [0.25, 0.3) is 5.89 Å². The van der Waals surface area contributed by atoms with Gasteiger partial charge in [0.2, 0.25) is 5.91 Å². The smallest absolute Gasteiger partial charge is 0.258 e. The third-order valence-electron chi connectivity index (χ3n) is 5.28. The van der Waals surface area contributed by atoms with Crippen molar-refractivity contribution in [2.75, 3.05) is 26.8 Å². The Hall–Kier alpha value is -1.70. The molecule has 2 aromatic rings. The molecule has 0 spiro atoms. The van der Waals surface area contributed by atoms with E-state index >= 15 is 0 Å². The second-order valence-corrected chi connectivity index (χ2v) is 8.30. The fraction of sp³-hybridized carbons (Fsp3) is 0.600. The van der Waals surface area contributed by atoms with Gasteiger partial charge in [-0.25, -0.2) is 4.98 Å². The summed E-state index contributed by atoms with van der Waals surface area (Å²) < 4.78 is 10.4. The molecule has 158 valence electrons. The topological polar surface area (TPSA) is 81.4 Å². The van der Waals surface area contributed by atoms with Gasteiger partial charge in [-0.05, 0) is 43.7 Å². The standard InChI is InChI=1S/C20H26Cl2N4O3/c1-13(4-3-9-28-2)20(27)26-7-5-14(6-8-26)10-18-24-19(29-25-18)15-11-16(21)23-17(22)12-15/h11-14H,3-10H2,1-2H3. The monoisotopic (exact) mass is 440 g/mol. The number of nitrogens with zero attached hydrogens (tertiary/aromatic N) is 4. The number of methoxy groups -OCH3 is 1. The van der Waals surface area contributed by atoms with Gasteiger partial charge in [0, 0.05) is 44.7 Å². The average molecular weight is 441 g/mol. The third kappa shape index (κ3) is 6.14. The first-order chi connectivity index (χ1) is 14.0. The minimum Gasteiger partial charge on any atom is -0.385 e. The Bertz CT molecular complexity index is 802. The molecule has 7 nitrogen and oxygen atoms in total. The summed E-state index contributed by atoms with van der Waals surface area (Å²) in [5, 5.41) is 4.64. The number of likely N-dealkylation sites (tertiary alicyclic amines) is 1. The largest absolute Gasteiger partial charge is 0.385 e. The first-order valence-electron chi connectivity index (χ1n) is 9.90. The van der Waals surface area contributed by atoms with Gasteiger partial charge >= 0.3 is 0 Å². The number of ether oxygens (including phenoxy) is 1. The number of amides is 1. The van der Waals surface area contributed by atoms with Crippen molar-refractivity contribution in [3.8, 4) is 11.5 Å². The quantitative estimate of drug-likeness (QED) is 0.449. The molecule has 0 aliphatic carbocycles. The van der Waals surface area contributed by atoms with E-state index in [1.54, 1.807) is 19.2 Å². The van der Waals surface area contributed by atoms with Crippen LogP contribution in [0.5, 0.6) is 0 Å². The molecule has 1 aliphatic rings. The van der Waals surface area contributed by atoms with Crippen molar-refractivity contribution in [2.24, 2.45) is 11.8 Å². The number of aromatic nitrogens is 3. The molecule has 3 rings (SSSR count). The molecule has 0 bridgehead atoms. The summed E-state index contributed by atoms with van der Waals surface area (Å²) in [6, 6.07) is 3.28. The van der Waals surface area contributed by atoms with Crippen LogP contribution in [0.3, 0.4) is 0 Å². The van der Waals surface area contributed by atoms with Crippen molar-refractivity contribution in [1.82, 2.24) is 20.0 Å². The third-order valence-corrected chi connectivity index (χ3v) is 5.67. The Balaban J connectivity index is 1.50. The lowest BCUT2D eigenvalue weighted by Gasteiger charge is -2.33. The van der Waals surface area contributed by atoms with Gasteiger partial charge < -0.3 is 14.2 Å². The van der Waals surface area contributed by atoms with Crippen LogP contribution in [0.1, 0.15) is 38.4 Å². The number of pyridine rings is 1. The molecule has 0 radical (unpaired) electrons. The highest BCUT2D eigenvalue weighted by molar-refractivity contribution is 6.32. The Morgan fingerprint density at radius 2 is 1.97 bits per heavy atom. The first kappa shape index (κ1) is 22.0. The second-order valence-electron chi connectivity index (χ2n) is 7.53. The highest BCUT2D eigenvalue weighted by Crippen LogP contribution is 2.26. The Morgan fingerprint density at radius 3 is 2.62 bits per heavy atom. The van der Waals surface area contributed by atoms with Crippen LogP contribution in [0, 0.1) is 11.8 Å². The SMILES string of the molecule is COCCCC(C)C(=O)N1CCC(Cc2noc(-c3cc(Cl)nc(Cl)c3)n2)CC1. The molecule has 1 unspecified atom stereocenters. The van der Waals surface area contributed by atoms with Crippen LogP contribution in [0.2, 0.25) is 10.3 Å². The molecule has 9 heteroatoms. The predicted octanol–water partition coefficient (Wildman–Crippen LogP) is 4.28. The van der Waals surface area contributed by atoms with Crippen molar-refractivity contribution >= 4 is 29.1 Å². The van der Waals surface area contributed by atoms with Gasteiger partial charge in [-0.1, -0.05) is 35.3 Å². The summed E-state index contributed by atoms with van der Waals surface area (Å²) in [6.45, 7) is 4.25. The van der Waals surface area contributed by atoms with Crippen LogP contribution in [-0.2, 0) is 16.0 Å². The van der Waals surface area contributed by atoms with E-state index in [0.717, 1.165) is 45.2 Å². The summed E-state index contributed by atoms with van der Waals surface area (Å²) in [4.78, 5) is 23.0. The molecule has 3 heterocycles. The molecule has 2 aromatic heterocycles. The van der Waals surface area contributed by atoms with Crippen molar-refractivity contribution in [2.45, 2.75) is 39.0 Å². The minimum absolute atomic E-state index is 0.0421. The predicted molar refractivity (Wildman–Crippen MR) is 111 cm³/mol. The Labute approximate surface area is 180 Å². The number of halogens is 2. The van der Waals surface area contributed by atoms with Crippen molar-refractivity contribution < 1.29 is 14.1 Å². The highest BCUT2D eigenvalue weighted by atomic mass is 35.5. The Morgan fingerprint density at radius 1 is 1.28 bits per heavy atom. The van der Waals surface area contributed by atoms with Crippen LogP contribution in [0.25, 0.3) is 11.5 Å². The van der Waals surface area contributed by atoms with Crippen LogP contribution in [0.4, 0.5) is 0 Å². The fourth-order valence-corrected chi connectivity index (χ4v) is 4.09. The van der Waals surface area contributed by atoms with E-state index in [0.29, 0.717) is 29.8 Å². The number of hydrogen-bond donors (Lipinski definition) is 0. The maximum Gasteiger partial charge on any atom is 0.258 e. The minimum atomic E-state index is 0.0421. The number of carbonyl (C=O) groups is 1. The van der Waals surface area contributed by atoms with E-state index in [-0.39, 0.29) is 22.1 Å². The van der Waals surface area contributed by atoms with Gasteiger partial charge in [0.1, 0.15) is 10.3 Å². The molecule has 1 aliphatic heterocycles. The fourth-order valence-electron chi connectivity index (χ4n) is 3.63. The Kier molecular flexibility index (Phi) is 7.86. The molecule has 0 saturated carbocycles. The van der Waals surface area contributed by atoms with Crippen molar-refractivity contribution in [1.29, 1.82) is 0 Å². The lowest BCUT2D eigenvalue weighted by Crippen LogP contribution is -2.41. The number of piperidine rings is 1. The zero-order chi connectivity index (χ0) is 20.8. The maximum absolute atomic E-state index is 12.6. The number of hydrogen-bond acceptors (Lipinski definition) is 6. The maximum atomic E-state index is 12.6. The molecule has 1 atom stereocenters. The molecule has 0 aromatic carbocycles. The van der Waals surface area contributed by atoms with Crippen LogP contribution < -0.4 is 0 Å². The van der Waals surface area contributed by atoms with Crippen LogP contribution in [-0.4, -0.2) is 52.7 Å². The van der Waals surface area contributed by atoms with E-state index in [1.807, 2.05) is 11.8 Å². The summed E-state index contributed by atoms with van der Waals surface area (Å²) >= 11 is 11.9. The number of rotatable bonds is 8. The summed E-state index contributed by atoms with van der Waals surface area (Å²) in [6.07, 6.45) is 4.37. The van der Waals surface area contributed by atoms with Crippen LogP contribution in [0.15, 0.2) is 16.7 Å². The summed E-state index contributed by atoms with van der Waals surface area (Å²) in [5.74, 6) is 1.75. The zero-order valence-corrected chi connectivity index (χ0v) is 18.2.